The number of amides is 2. The molecule has 24 heavy (non-hydrogen) atoms. The van der Waals surface area contributed by atoms with E-state index in [-0.39, 0.29) is 18.3 Å². The van der Waals surface area contributed by atoms with Gasteiger partial charge in [0.1, 0.15) is 5.82 Å². The van der Waals surface area contributed by atoms with Gasteiger partial charge in [0.05, 0.1) is 17.8 Å². The Kier molecular flexibility index (Phi) is 5.87. The molecule has 5 heteroatoms. The molecular formula is C19H15FN2O2. The Balaban J connectivity index is 2.09. The summed E-state index contributed by atoms with van der Waals surface area (Å²) in [5.74, 6) is 1.12. The first-order valence-corrected chi connectivity index (χ1v) is 7.15. The summed E-state index contributed by atoms with van der Waals surface area (Å²) in [6.45, 7) is 0.0978. The Morgan fingerprint density at radius 2 is 1.96 bits per heavy atom. The van der Waals surface area contributed by atoms with Crippen molar-refractivity contribution in [1.82, 2.24) is 5.32 Å². The summed E-state index contributed by atoms with van der Waals surface area (Å²) in [7, 11) is 0. The molecule has 0 fully saturated rings. The third kappa shape index (κ3) is 4.82. The number of anilines is 1. The topological polar surface area (TPSA) is 58.2 Å². The van der Waals surface area contributed by atoms with Gasteiger partial charge in [-0.05, 0) is 35.9 Å². The van der Waals surface area contributed by atoms with E-state index in [0.717, 1.165) is 0 Å². The smallest absolute Gasteiger partial charge is 0.254 e. The number of hydrogen-bond donors (Lipinski definition) is 2. The van der Waals surface area contributed by atoms with Gasteiger partial charge in [0.25, 0.3) is 5.91 Å². The summed E-state index contributed by atoms with van der Waals surface area (Å²) in [6.07, 6.45) is 7.86. The van der Waals surface area contributed by atoms with Crippen molar-refractivity contribution in [2.24, 2.45) is 0 Å². The lowest BCUT2D eigenvalue weighted by atomic mass is 10.1. The second-order valence-electron chi connectivity index (χ2n) is 4.81. The molecule has 0 aromatic heterocycles. The van der Waals surface area contributed by atoms with Crippen LogP contribution in [0.4, 0.5) is 10.1 Å². The molecule has 0 unspecified atom stereocenters. The Hall–Kier alpha value is -3.39. The molecule has 120 valence electrons. The number of hydrogen-bond acceptors (Lipinski definition) is 2. The number of carbonyl (C=O) groups is 2. The van der Waals surface area contributed by atoms with Gasteiger partial charge in [-0.3, -0.25) is 9.59 Å². The van der Waals surface area contributed by atoms with Crippen molar-refractivity contribution in [3.63, 3.8) is 0 Å². The largest absolute Gasteiger partial charge is 0.341 e. The van der Waals surface area contributed by atoms with E-state index in [1.165, 1.54) is 24.3 Å². The van der Waals surface area contributed by atoms with Crippen molar-refractivity contribution >= 4 is 23.6 Å². The van der Waals surface area contributed by atoms with Crippen LogP contribution < -0.4 is 10.6 Å². The lowest BCUT2D eigenvalue weighted by Crippen LogP contribution is -2.25. The summed E-state index contributed by atoms with van der Waals surface area (Å²) in [5, 5.41) is 5.16. The van der Waals surface area contributed by atoms with Gasteiger partial charge >= 0.3 is 0 Å². The van der Waals surface area contributed by atoms with Gasteiger partial charge in [-0.25, -0.2) is 4.39 Å². The molecular weight excluding hydrogens is 307 g/mol. The maximum absolute atomic E-state index is 13.1. The van der Waals surface area contributed by atoms with E-state index in [2.05, 4.69) is 16.6 Å². The molecule has 2 aromatic rings. The minimum absolute atomic E-state index is 0.0978. The Morgan fingerprint density at radius 1 is 1.17 bits per heavy atom. The molecule has 2 N–H and O–H groups in total. The van der Waals surface area contributed by atoms with Gasteiger partial charge in [0.15, 0.2) is 0 Å². The number of para-hydroxylation sites is 1. The number of terminal acetylenes is 1. The van der Waals surface area contributed by atoms with Crippen molar-refractivity contribution in [2.45, 2.75) is 0 Å². The zero-order valence-electron chi connectivity index (χ0n) is 12.8. The highest BCUT2D eigenvalue weighted by molar-refractivity contribution is 6.07. The van der Waals surface area contributed by atoms with Crippen LogP contribution in [0.3, 0.4) is 0 Å². The molecule has 0 saturated heterocycles. The van der Waals surface area contributed by atoms with Gasteiger partial charge in [-0.15, -0.1) is 6.42 Å². The number of rotatable bonds is 5. The zero-order chi connectivity index (χ0) is 17.4. The SMILES string of the molecule is C#CCNC(=O)c1ccccc1NC(=O)/C=C/c1cccc(F)c1. The van der Waals surface area contributed by atoms with Crippen molar-refractivity contribution in [2.75, 3.05) is 11.9 Å². The van der Waals surface area contributed by atoms with Crippen LogP contribution in [0.25, 0.3) is 6.08 Å². The molecule has 0 aliphatic carbocycles. The van der Waals surface area contributed by atoms with E-state index < -0.39 is 5.91 Å². The van der Waals surface area contributed by atoms with Crippen molar-refractivity contribution < 1.29 is 14.0 Å². The van der Waals surface area contributed by atoms with E-state index in [4.69, 9.17) is 6.42 Å². The second-order valence-corrected chi connectivity index (χ2v) is 4.81. The van der Waals surface area contributed by atoms with E-state index in [1.807, 2.05) is 0 Å². The lowest BCUT2D eigenvalue weighted by molar-refractivity contribution is -0.111. The molecule has 4 nitrogen and oxygen atoms in total. The Bertz CT molecular complexity index is 822. The summed E-state index contributed by atoms with van der Waals surface area (Å²) in [6, 6.07) is 12.4. The van der Waals surface area contributed by atoms with E-state index in [9.17, 15) is 14.0 Å². The first-order chi connectivity index (χ1) is 11.6. The molecule has 0 saturated carbocycles. The molecule has 0 heterocycles. The number of benzene rings is 2. The molecule has 0 aliphatic heterocycles. The fraction of sp³-hybridized carbons (Fsp3) is 0.0526. The first kappa shape index (κ1) is 17.0. The molecule has 2 aromatic carbocycles. The van der Waals surface area contributed by atoms with Crippen LogP contribution in [0, 0.1) is 18.2 Å². The average molecular weight is 322 g/mol. The van der Waals surface area contributed by atoms with Crippen LogP contribution >= 0.6 is 0 Å². The predicted octanol–water partition coefficient (Wildman–Crippen LogP) is 2.84. The predicted molar refractivity (Wildman–Crippen MR) is 91.7 cm³/mol. The fourth-order valence-electron chi connectivity index (χ4n) is 1.97. The standard InChI is InChI=1S/C19H15FN2O2/c1-2-12-21-19(24)16-8-3-4-9-17(16)22-18(23)11-10-14-6-5-7-15(20)13-14/h1,3-11,13H,12H2,(H,21,24)(H,22,23)/b11-10+. The number of carbonyl (C=O) groups excluding carboxylic acids is 2. The normalized spacial score (nSPS) is 10.2. The average Bonchev–Trinajstić information content (AvgIpc) is 2.58. The highest BCUT2D eigenvalue weighted by atomic mass is 19.1. The third-order valence-corrected chi connectivity index (χ3v) is 3.06. The molecule has 0 atom stereocenters. The van der Waals surface area contributed by atoms with Gasteiger partial charge in [-0.1, -0.05) is 30.2 Å². The Morgan fingerprint density at radius 3 is 2.71 bits per heavy atom. The third-order valence-electron chi connectivity index (χ3n) is 3.06. The molecule has 0 spiro atoms. The van der Waals surface area contributed by atoms with Crippen molar-refractivity contribution in [3.05, 3.63) is 71.6 Å². The highest BCUT2D eigenvalue weighted by Gasteiger charge is 2.11. The van der Waals surface area contributed by atoms with E-state index in [0.29, 0.717) is 16.8 Å². The van der Waals surface area contributed by atoms with E-state index >= 15 is 0 Å². The monoisotopic (exact) mass is 322 g/mol. The minimum atomic E-state index is -0.434. The van der Waals surface area contributed by atoms with Gasteiger partial charge in [0, 0.05) is 6.08 Å². The second kappa shape index (κ2) is 8.30. The van der Waals surface area contributed by atoms with Crippen LogP contribution in [0.5, 0.6) is 0 Å². The summed E-state index contributed by atoms with van der Waals surface area (Å²) < 4.78 is 13.1. The molecule has 2 amide bonds. The lowest BCUT2D eigenvalue weighted by Gasteiger charge is -2.09. The van der Waals surface area contributed by atoms with Crippen LogP contribution in [0.2, 0.25) is 0 Å². The molecule has 0 radical (unpaired) electrons. The van der Waals surface area contributed by atoms with Crippen LogP contribution in [-0.2, 0) is 4.79 Å². The summed E-state index contributed by atoms with van der Waals surface area (Å²) in [5.41, 5.74) is 1.23. The number of halogens is 1. The Labute approximate surface area is 139 Å². The minimum Gasteiger partial charge on any atom is -0.341 e. The highest BCUT2D eigenvalue weighted by Crippen LogP contribution is 2.15. The maximum atomic E-state index is 13.1. The van der Waals surface area contributed by atoms with Crippen molar-refractivity contribution in [3.8, 4) is 12.3 Å². The fourth-order valence-corrected chi connectivity index (χ4v) is 1.97. The maximum Gasteiger partial charge on any atom is 0.254 e. The van der Waals surface area contributed by atoms with Crippen LogP contribution in [-0.4, -0.2) is 18.4 Å². The molecule has 0 aliphatic rings. The van der Waals surface area contributed by atoms with Gasteiger partial charge < -0.3 is 10.6 Å². The molecule has 2 rings (SSSR count). The van der Waals surface area contributed by atoms with Crippen LogP contribution in [0.1, 0.15) is 15.9 Å². The van der Waals surface area contributed by atoms with Gasteiger partial charge in [0.2, 0.25) is 5.91 Å². The van der Waals surface area contributed by atoms with E-state index in [1.54, 1.807) is 36.4 Å². The zero-order valence-corrected chi connectivity index (χ0v) is 12.8. The molecule has 0 bridgehead atoms. The van der Waals surface area contributed by atoms with Crippen molar-refractivity contribution in [1.29, 1.82) is 0 Å². The number of nitrogens with one attached hydrogen (secondary N) is 2. The van der Waals surface area contributed by atoms with Gasteiger partial charge in [-0.2, -0.15) is 0 Å². The summed E-state index contributed by atoms with van der Waals surface area (Å²) in [4.78, 5) is 24.0. The van der Waals surface area contributed by atoms with Crippen LogP contribution in [0.15, 0.2) is 54.6 Å². The first-order valence-electron chi connectivity index (χ1n) is 7.15. The summed E-state index contributed by atoms with van der Waals surface area (Å²) >= 11 is 0. The quantitative estimate of drug-likeness (QED) is 0.657.